The predicted molar refractivity (Wildman–Crippen MR) is 390 cm³/mol. The fourth-order valence-electron chi connectivity index (χ4n) is 10.3. The number of hydrogen-bond donors (Lipinski definition) is 1. The van der Waals surface area contributed by atoms with E-state index in [1.807, 2.05) is 21.1 Å². The molecule has 0 heterocycles. The van der Waals surface area contributed by atoms with Crippen molar-refractivity contribution >= 4 is 19.8 Å². The number of quaternary nitrogens is 1. The van der Waals surface area contributed by atoms with Crippen LogP contribution >= 0.6 is 7.82 Å². The quantitative estimate of drug-likeness (QED) is 0.0211. The third kappa shape index (κ3) is 73.5. The van der Waals surface area contributed by atoms with E-state index in [-0.39, 0.29) is 32.0 Å². The van der Waals surface area contributed by atoms with Crippen molar-refractivity contribution < 1.29 is 42.1 Å². The normalized spacial score (nSPS) is 13.8. The van der Waals surface area contributed by atoms with Gasteiger partial charge < -0.3 is 18.9 Å². The van der Waals surface area contributed by atoms with E-state index in [4.69, 9.17) is 18.5 Å². The lowest BCUT2D eigenvalue weighted by Gasteiger charge is -2.24. The Labute approximate surface area is 556 Å². The molecule has 0 aromatic carbocycles. The topological polar surface area (TPSA) is 108 Å². The molecule has 0 aliphatic carbocycles. The second-order valence-corrected chi connectivity index (χ2v) is 27.4. The largest absolute Gasteiger partial charge is 0.472 e. The average molecular weight is 1280 g/mol. The van der Waals surface area contributed by atoms with E-state index in [1.165, 1.54) is 186 Å². The first-order chi connectivity index (χ1) is 44.0. The van der Waals surface area contributed by atoms with Gasteiger partial charge in [-0.1, -0.05) is 322 Å². The van der Waals surface area contributed by atoms with E-state index in [0.29, 0.717) is 17.4 Å². The lowest BCUT2D eigenvalue weighted by molar-refractivity contribution is -0.870. The van der Waals surface area contributed by atoms with Crippen molar-refractivity contribution in [2.24, 2.45) is 0 Å². The molecule has 0 saturated heterocycles. The van der Waals surface area contributed by atoms with Crippen LogP contribution in [0.4, 0.5) is 0 Å². The fourth-order valence-corrected chi connectivity index (χ4v) is 11.0. The molecule has 0 fully saturated rings. The number of carbonyl (C=O) groups is 2. The van der Waals surface area contributed by atoms with Gasteiger partial charge in [0.15, 0.2) is 6.10 Å². The average Bonchev–Trinajstić information content (AvgIpc) is 3.58. The molecule has 0 amide bonds. The summed E-state index contributed by atoms with van der Waals surface area (Å²) in [4.78, 5) is 35.9. The molecule has 0 aliphatic rings. The monoisotopic (exact) mass is 1280 g/mol. The first-order valence-electron chi connectivity index (χ1n) is 37.3. The van der Waals surface area contributed by atoms with E-state index in [9.17, 15) is 19.0 Å². The number of hydrogen-bond acceptors (Lipinski definition) is 7. The van der Waals surface area contributed by atoms with Gasteiger partial charge in [0.05, 0.1) is 27.7 Å². The molecule has 2 unspecified atom stereocenters. The molecule has 2 atom stereocenters. The number of allylic oxidation sites excluding steroid dienone is 20. The van der Waals surface area contributed by atoms with Gasteiger partial charge in [-0.25, -0.2) is 4.57 Å². The minimum atomic E-state index is -4.40. The standard InChI is InChI=1S/C80H140NO8P/c1-6-8-10-12-14-16-18-20-22-24-26-28-30-32-34-35-36-37-38-39-40-41-42-43-44-45-47-49-51-53-55-57-59-61-63-65-67-69-71-73-80(83)89-78(77-88-90(84,85)87-75-74-81(3,4)5)76-86-79(82)72-70-68-66-64-62-60-58-56-54-52-50-48-46-33-31-29-27-25-23-21-19-17-15-13-11-9-7-2/h8,10,14,16,20,22,25-28,32,34,36-37,39-40,42-43,45,47,78H,6-7,9,11-13,15,17-19,21,23-24,29-31,33,35,38,41,44,46,48-77H2,1-5H3/p+1/b10-8-,16-14-,22-20-,27-25-,28-26-,34-32-,37-36-,40-39-,43-42-,47-45-. The van der Waals surface area contributed by atoms with Crippen molar-refractivity contribution in [3.8, 4) is 0 Å². The Bertz CT molecular complexity index is 1940. The number of esters is 2. The summed E-state index contributed by atoms with van der Waals surface area (Å²) >= 11 is 0. The van der Waals surface area contributed by atoms with Crippen LogP contribution < -0.4 is 0 Å². The zero-order valence-corrected chi connectivity index (χ0v) is 60.0. The summed E-state index contributed by atoms with van der Waals surface area (Å²) in [5.41, 5.74) is 0. The van der Waals surface area contributed by atoms with Crippen molar-refractivity contribution in [1.29, 1.82) is 0 Å². The maximum Gasteiger partial charge on any atom is 0.472 e. The van der Waals surface area contributed by atoms with Gasteiger partial charge >= 0.3 is 19.8 Å². The minimum absolute atomic E-state index is 0.0276. The zero-order chi connectivity index (χ0) is 65.5. The molecule has 518 valence electrons. The summed E-state index contributed by atoms with van der Waals surface area (Å²) in [5, 5.41) is 0. The molecule has 10 heteroatoms. The van der Waals surface area contributed by atoms with Crippen LogP contribution in [0.25, 0.3) is 0 Å². The molecule has 90 heavy (non-hydrogen) atoms. The fraction of sp³-hybridized carbons (Fsp3) is 0.725. The first kappa shape index (κ1) is 86.4. The number of unbranched alkanes of at least 4 members (excludes halogenated alkanes) is 34. The number of nitrogens with zero attached hydrogens (tertiary/aromatic N) is 1. The van der Waals surface area contributed by atoms with Crippen LogP contribution in [0, 0.1) is 0 Å². The molecule has 0 saturated carbocycles. The Hall–Kier alpha value is -3.59. The summed E-state index contributed by atoms with van der Waals surface area (Å²) < 4.78 is 34.8. The lowest BCUT2D eigenvalue weighted by Crippen LogP contribution is -2.37. The van der Waals surface area contributed by atoms with Gasteiger partial charge in [0.25, 0.3) is 0 Å². The van der Waals surface area contributed by atoms with Crippen molar-refractivity contribution in [1.82, 2.24) is 0 Å². The lowest BCUT2D eigenvalue weighted by atomic mass is 10.0. The summed E-state index contributed by atoms with van der Waals surface area (Å²) in [6.07, 6.45) is 100. The van der Waals surface area contributed by atoms with Gasteiger partial charge in [0, 0.05) is 12.8 Å². The number of rotatable bonds is 68. The van der Waals surface area contributed by atoms with Crippen LogP contribution in [-0.2, 0) is 32.7 Å². The molecule has 0 spiro atoms. The van der Waals surface area contributed by atoms with E-state index >= 15 is 0 Å². The molecule has 1 N–H and O–H groups in total. The Morgan fingerprint density at radius 2 is 0.633 bits per heavy atom. The molecule has 0 aliphatic heterocycles. The smallest absolute Gasteiger partial charge is 0.462 e. The van der Waals surface area contributed by atoms with Gasteiger partial charge in [-0.05, 0) is 109 Å². The Balaban J connectivity index is 4.05. The molecule has 0 aromatic heterocycles. The number of phosphoric ester groups is 1. The van der Waals surface area contributed by atoms with Crippen molar-refractivity contribution in [2.75, 3.05) is 47.5 Å². The van der Waals surface area contributed by atoms with E-state index in [1.54, 1.807) is 0 Å². The van der Waals surface area contributed by atoms with Crippen LogP contribution in [-0.4, -0.2) is 74.9 Å². The Morgan fingerprint density at radius 3 is 0.956 bits per heavy atom. The highest BCUT2D eigenvalue weighted by molar-refractivity contribution is 7.47. The number of phosphoric acid groups is 1. The second kappa shape index (κ2) is 69.7. The van der Waals surface area contributed by atoms with Gasteiger partial charge in [0.1, 0.15) is 19.8 Å². The molecular weight excluding hydrogens is 1130 g/mol. The third-order valence-corrected chi connectivity index (χ3v) is 17.0. The van der Waals surface area contributed by atoms with Gasteiger partial charge in [-0.3, -0.25) is 18.6 Å². The van der Waals surface area contributed by atoms with Crippen LogP contribution in [0.5, 0.6) is 0 Å². The van der Waals surface area contributed by atoms with Crippen LogP contribution in [0.2, 0.25) is 0 Å². The van der Waals surface area contributed by atoms with E-state index in [2.05, 4.69) is 135 Å². The molecule has 9 nitrogen and oxygen atoms in total. The van der Waals surface area contributed by atoms with Crippen molar-refractivity contribution in [3.63, 3.8) is 0 Å². The van der Waals surface area contributed by atoms with E-state index in [0.717, 1.165) is 103 Å². The first-order valence-corrected chi connectivity index (χ1v) is 38.8. The predicted octanol–water partition coefficient (Wildman–Crippen LogP) is 24.6. The van der Waals surface area contributed by atoms with Crippen molar-refractivity contribution in [2.45, 2.75) is 328 Å². The third-order valence-electron chi connectivity index (χ3n) is 16.0. The summed E-state index contributed by atoms with van der Waals surface area (Å²) in [6, 6.07) is 0. The highest BCUT2D eigenvalue weighted by Crippen LogP contribution is 2.43. The number of carbonyl (C=O) groups excluding carboxylic acids is 2. The second-order valence-electron chi connectivity index (χ2n) is 25.9. The van der Waals surface area contributed by atoms with E-state index < -0.39 is 26.5 Å². The highest BCUT2D eigenvalue weighted by Gasteiger charge is 2.27. The molecule has 0 bridgehead atoms. The maximum absolute atomic E-state index is 12.9. The van der Waals surface area contributed by atoms with Crippen LogP contribution in [0.15, 0.2) is 122 Å². The number of likely N-dealkylation sites (N-methyl/N-ethyl adjacent to an activating group) is 1. The molecule has 0 rings (SSSR count). The molecule has 0 radical (unpaired) electrons. The molecular formula is C80H141NO8P+. The van der Waals surface area contributed by atoms with Crippen molar-refractivity contribution in [3.05, 3.63) is 122 Å². The number of ether oxygens (including phenoxy) is 2. The van der Waals surface area contributed by atoms with Crippen LogP contribution in [0.3, 0.4) is 0 Å². The van der Waals surface area contributed by atoms with Gasteiger partial charge in [-0.2, -0.15) is 0 Å². The Morgan fingerprint density at radius 1 is 0.356 bits per heavy atom. The van der Waals surface area contributed by atoms with Crippen LogP contribution in [0.1, 0.15) is 322 Å². The highest BCUT2D eigenvalue weighted by atomic mass is 31.2. The maximum atomic E-state index is 12.9. The Kier molecular flexibility index (Phi) is 67.0. The van der Waals surface area contributed by atoms with Gasteiger partial charge in [0.2, 0.25) is 0 Å². The molecule has 0 aromatic rings. The zero-order valence-electron chi connectivity index (χ0n) is 59.1. The SMILES string of the molecule is CC/C=C\C/C=C\C/C=C\C/C=C\C/C=C\C/C=C\C/C=C\C/C=C\C/C=C\CCCCCCCCCCCCCC(=O)OC(COC(=O)CCCCCCCCCCCCCCCCC/C=C\CCCCCCCCCC)COP(=O)(O)OCC[N+](C)(C)C. The summed E-state index contributed by atoms with van der Waals surface area (Å²) in [7, 11) is 1.47. The minimum Gasteiger partial charge on any atom is -0.462 e. The van der Waals surface area contributed by atoms with Gasteiger partial charge in [-0.15, -0.1) is 0 Å². The summed E-state index contributed by atoms with van der Waals surface area (Å²) in [6.45, 7) is 4.35. The summed E-state index contributed by atoms with van der Waals surface area (Å²) in [5.74, 6) is -0.794.